The molecule has 0 saturated heterocycles. The molecule has 1 heterocycles. The zero-order valence-electron chi connectivity index (χ0n) is 15.1. The molecule has 0 aliphatic heterocycles. The first kappa shape index (κ1) is 21.0. The molecule has 0 N–H and O–H groups in total. The highest BCUT2D eigenvalue weighted by atomic mass is 79.9. The SMILES string of the molecule is CCCCCCC(CCCCCC)=C1C(=O)c2c(Br)sc(Br)c2C1=O. The summed E-state index contributed by atoms with van der Waals surface area (Å²) in [7, 11) is 0. The molecule has 1 aromatic rings. The fourth-order valence-electron chi connectivity index (χ4n) is 3.36. The Morgan fingerprint density at radius 3 is 1.60 bits per heavy atom. The molecule has 2 nitrogen and oxygen atoms in total. The van der Waals surface area contributed by atoms with Gasteiger partial charge in [0.15, 0.2) is 11.6 Å². The average molecular weight is 490 g/mol. The van der Waals surface area contributed by atoms with Crippen molar-refractivity contribution in [3.8, 4) is 0 Å². The Morgan fingerprint density at radius 1 is 0.760 bits per heavy atom. The van der Waals surface area contributed by atoms with Crippen LogP contribution in [0.15, 0.2) is 18.7 Å². The number of thiophene rings is 1. The van der Waals surface area contributed by atoms with Gasteiger partial charge in [0.05, 0.1) is 24.3 Å². The molecule has 0 radical (unpaired) electrons. The molecule has 1 aliphatic rings. The fourth-order valence-corrected chi connectivity index (χ4v) is 6.49. The lowest BCUT2D eigenvalue weighted by molar-refractivity contribution is 0.0985. The molecular formula is C20H26Br2O2S. The van der Waals surface area contributed by atoms with E-state index < -0.39 is 0 Å². The van der Waals surface area contributed by atoms with Crippen molar-refractivity contribution in [3.63, 3.8) is 0 Å². The van der Waals surface area contributed by atoms with Crippen molar-refractivity contribution in [2.75, 3.05) is 0 Å². The van der Waals surface area contributed by atoms with Gasteiger partial charge in [-0.05, 0) is 57.5 Å². The van der Waals surface area contributed by atoms with Crippen LogP contribution in [-0.2, 0) is 0 Å². The largest absolute Gasteiger partial charge is 0.288 e. The molecule has 2 rings (SSSR count). The molecule has 1 aromatic heterocycles. The van der Waals surface area contributed by atoms with Crippen LogP contribution < -0.4 is 0 Å². The maximum Gasteiger partial charge on any atom is 0.199 e. The van der Waals surface area contributed by atoms with Crippen molar-refractivity contribution in [1.29, 1.82) is 0 Å². The van der Waals surface area contributed by atoms with Crippen LogP contribution >= 0.6 is 43.2 Å². The van der Waals surface area contributed by atoms with Crippen molar-refractivity contribution in [1.82, 2.24) is 0 Å². The van der Waals surface area contributed by atoms with Gasteiger partial charge in [0.1, 0.15) is 0 Å². The molecule has 0 aromatic carbocycles. The van der Waals surface area contributed by atoms with Gasteiger partial charge in [-0.15, -0.1) is 11.3 Å². The number of allylic oxidation sites excluding steroid dienone is 2. The minimum Gasteiger partial charge on any atom is -0.288 e. The molecule has 5 heteroatoms. The van der Waals surface area contributed by atoms with Crippen molar-refractivity contribution in [3.05, 3.63) is 29.8 Å². The standard InChI is InChI=1S/C20H26Br2O2S/c1-3-5-7-9-11-13(12-10-8-6-4-2)14-17(23)15-16(18(14)24)20(22)25-19(15)21/h3-12H2,1-2H3. The molecule has 25 heavy (non-hydrogen) atoms. The lowest BCUT2D eigenvalue weighted by Crippen LogP contribution is -2.07. The first-order chi connectivity index (χ1) is 12.0. The zero-order valence-corrected chi connectivity index (χ0v) is 19.0. The number of unbranched alkanes of at least 4 members (excludes halogenated alkanes) is 6. The zero-order chi connectivity index (χ0) is 18.4. The van der Waals surface area contributed by atoms with Crippen molar-refractivity contribution in [2.45, 2.75) is 78.1 Å². The molecule has 0 fully saturated rings. The van der Waals surface area contributed by atoms with E-state index in [1.165, 1.54) is 49.9 Å². The summed E-state index contributed by atoms with van der Waals surface area (Å²) in [6.07, 6.45) is 11.0. The summed E-state index contributed by atoms with van der Waals surface area (Å²) in [5, 5.41) is 0. The monoisotopic (exact) mass is 488 g/mol. The van der Waals surface area contributed by atoms with Gasteiger partial charge < -0.3 is 0 Å². The summed E-state index contributed by atoms with van der Waals surface area (Å²) in [5.41, 5.74) is 2.68. The van der Waals surface area contributed by atoms with Crippen molar-refractivity contribution < 1.29 is 9.59 Å². The van der Waals surface area contributed by atoms with Crippen LogP contribution in [0.5, 0.6) is 0 Å². The molecule has 138 valence electrons. The van der Waals surface area contributed by atoms with E-state index in [1.54, 1.807) is 0 Å². The van der Waals surface area contributed by atoms with Crippen LogP contribution in [0.4, 0.5) is 0 Å². The molecule has 0 saturated carbocycles. The van der Waals surface area contributed by atoms with E-state index in [1.807, 2.05) is 0 Å². The first-order valence-electron chi connectivity index (χ1n) is 9.32. The molecule has 0 amide bonds. The summed E-state index contributed by atoms with van der Waals surface area (Å²) in [5.74, 6) is -0.149. The summed E-state index contributed by atoms with van der Waals surface area (Å²) < 4.78 is 1.53. The number of rotatable bonds is 10. The van der Waals surface area contributed by atoms with Gasteiger partial charge in [0, 0.05) is 0 Å². The van der Waals surface area contributed by atoms with Crippen LogP contribution in [0.1, 0.15) is 98.8 Å². The highest BCUT2D eigenvalue weighted by molar-refractivity contribution is 9.12. The summed E-state index contributed by atoms with van der Waals surface area (Å²) in [6, 6.07) is 0. The Bertz CT molecular complexity index is 621. The normalized spacial score (nSPS) is 13.7. The van der Waals surface area contributed by atoms with Crippen LogP contribution in [0.3, 0.4) is 0 Å². The average Bonchev–Trinajstić information content (AvgIpc) is 3.02. The number of carbonyl (C=O) groups excluding carboxylic acids is 2. The van der Waals surface area contributed by atoms with Gasteiger partial charge in [-0.3, -0.25) is 9.59 Å². The predicted molar refractivity (Wildman–Crippen MR) is 113 cm³/mol. The Hall–Kier alpha value is -0.260. The lowest BCUT2D eigenvalue weighted by atomic mass is 9.93. The van der Waals surface area contributed by atoms with E-state index in [4.69, 9.17) is 0 Å². The van der Waals surface area contributed by atoms with Crippen molar-refractivity contribution in [2.24, 2.45) is 0 Å². The molecule has 1 aliphatic carbocycles. The van der Waals surface area contributed by atoms with E-state index in [2.05, 4.69) is 45.7 Å². The summed E-state index contributed by atoms with van der Waals surface area (Å²) in [6.45, 7) is 4.39. The smallest absolute Gasteiger partial charge is 0.199 e. The molecule has 0 bridgehead atoms. The van der Waals surface area contributed by atoms with Crippen LogP contribution in [-0.4, -0.2) is 11.6 Å². The number of ketones is 2. The minimum atomic E-state index is -0.0743. The highest BCUT2D eigenvalue weighted by Crippen LogP contribution is 2.44. The predicted octanol–water partition coefficient (Wildman–Crippen LogP) is 7.89. The summed E-state index contributed by atoms with van der Waals surface area (Å²) in [4.78, 5) is 25.9. The van der Waals surface area contributed by atoms with E-state index in [-0.39, 0.29) is 11.6 Å². The second-order valence-corrected chi connectivity index (χ2v) is 10.3. The number of hydrogen-bond donors (Lipinski definition) is 0. The topological polar surface area (TPSA) is 34.1 Å². The fraction of sp³-hybridized carbons (Fsp3) is 0.600. The van der Waals surface area contributed by atoms with Crippen LogP contribution in [0.2, 0.25) is 0 Å². The molecular weight excluding hydrogens is 464 g/mol. The van der Waals surface area contributed by atoms with Crippen LogP contribution in [0, 0.1) is 0 Å². The van der Waals surface area contributed by atoms with Gasteiger partial charge in [0.25, 0.3) is 0 Å². The number of carbonyl (C=O) groups is 2. The Kier molecular flexibility index (Phi) is 8.56. The molecule has 0 spiro atoms. The van der Waals surface area contributed by atoms with Crippen molar-refractivity contribution >= 4 is 54.8 Å². The highest BCUT2D eigenvalue weighted by Gasteiger charge is 2.40. The Balaban J connectivity index is 2.25. The first-order valence-corrected chi connectivity index (χ1v) is 11.7. The summed E-state index contributed by atoms with van der Waals surface area (Å²) >= 11 is 8.31. The number of Topliss-reactive ketones (excluding diaryl/α,β-unsaturated/α-hetero) is 2. The van der Waals surface area contributed by atoms with Crippen LogP contribution in [0.25, 0.3) is 0 Å². The van der Waals surface area contributed by atoms with Gasteiger partial charge in [-0.2, -0.15) is 0 Å². The lowest BCUT2D eigenvalue weighted by Gasteiger charge is -2.11. The molecule has 0 atom stereocenters. The third-order valence-electron chi connectivity index (χ3n) is 4.75. The maximum atomic E-state index is 12.9. The minimum absolute atomic E-state index is 0.0743. The third-order valence-corrected chi connectivity index (χ3v) is 7.28. The second kappa shape index (κ2) is 10.2. The van der Waals surface area contributed by atoms with E-state index in [0.29, 0.717) is 16.7 Å². The number of fused-ring (bicyclic) bond motifs is 1. The third kappa shape index (κ3) is 4.92. The second-order valence-electron chi connectivity index (χ2n) is 6.66. The number of hydrogen-bond acceptors (Lipinski definition) is 3. The molecule has 0 unspecified atom stereocenters. The van der Waals surface area contributed by atoms with Gasteiger partial charge in [0.2, 0.25) is 0 Å². The van der Waals surface area contributed by atoms with Gasteiger partial charge in [-0.1, -0.05) is 57.9 Å². The van der Waals surface area contributed by atoms with Gasteiger partial charge >= 0.3 is 0 Å². The van der Waals surface area contributed by atoms with E-state index in [0.717, 1.165) is 38.8 Å². The Morgan fingerprint density at radius 2 is 1.20 bits per heavy atom. The van der Waals surface area contributed by atoms with Gasteiger partial charge in [-0.25, -0.2) is 0 Å². The van der Waals surface area contributed by atoms with E-state index >= 15 is 0 Å². The Labute approximate surface area is 171 Å². The van der Waals surface area contributed by atoms with E-state index in [9.17, 15) is 9.59 Å². The maximum absolute atomic E-state index is 12.9. The number of halogens is 2. The quantitative estimate of drug-likeness (QED) is 0.190.